The van der Waals surface area contributed by atoms with E-state index < -0.39 is 12.7 Å². The number of piperazine rings is 1. The molecule has 2 nitrogen and oxygen atoms in total. The number of alkyl halides is 4. The lowest BCUT2D eigenvalue weighted by molar-refractivity contribution is -0.149. The van der Waals surface area contributed by atoms with E-state index in [1.807, 2.05) is 0 Å². The van der Waals surface area contributed by atoms with Crippen LogP contribution in [0.4, 0.5) is 13.2 Å². The van der Waals surface area contributed by atoms with Crippen LogP contribution in [0, 0.1) is 11.3 Å². The minimum absolute atomic E-state index is 0.215. The Bertz CT molecular complexity index is 268. The SMILES string of the molecule is CC(C)(C)C(CBr)CN1CCN(CC(F)(F)F)CC1. The third kappa shape index (κ3) is 6.45. The van der Waals surface area contributed by atoms with Gasteiger partial charge in [0.05, 0.1) is 6.54 Å². The summed E-state index contributed by atoms with van der Waals surface area (Å²) in [6.07, 6.45) is -4.08. The van der Waals surface area contributed by atoms with E-state index >= 15 is 0 Å². The van der Waals surface area contributed by atoms with E-state index in [0.717, 1.165) is 25.0 Å². The van der Waals surface area contributed by atoms with Crippen molar-refractivity contribution in [2.75, 3.05) is 44.6 Å². The van der Waals surface area contributed by atoms with E-state index in [1.54, 1.807) is 0 Å². The molecule has 114 valence electrons. The minimum Gasteiger partial charge on any atom is -0.300 e. The van der Waals surface area contributed by atoms with Crippen LogP contribution in [0.15, 0.2) is 0 Å². The minimum atomic E-state index is -4.08. The van der Waals surface area contributed by atoms with Gasteiger partial charge in [0.1, 0.15) is 0 Å². The van der Waals surface area contributed by atoms with E-state index in [1.165, 1.54) is 4.90 Å². The van der Waals surface area contributed by atoms with Crippen LogP contribution >= 0.6 is 15.9 Å². The van der Waals surface area contributed by atoms with E-state index in [4.69, 9.17) is 0 Å². The molecule has 19 heavy (non-hydrogen) atoms. The lowest BCUT2D eigenvalue weighted by Crippen LogP contribution is -2.51. The Morgan fingerprint density at radius 3 is 1.84 bits per heavy atom. The van der Waals surface area contributed by atoms with E-state index in [2.05, 4.69) is 41.6 Å². The molecule has 0 aromatic carbocycles. The molecular weight excluding hydrogens is 321 g/mol. The highest BCUT2D eigenvalue weighted by Crippen LogP contribution is 2.28. The van der Waals surface area contributed by atoms with Gasteiger partial charge < -0.3 is 4.90 Å². The first-order valence-electron chi connectivity index (χ1n) is 6.69. The molecule has 1 aliphatic heterocycles. The van der Waals surface area contributed by atoms with Crippen LogP contribution in [0.5, 0.6) is 0 Å². The number of rotatable bonds is 4. The van der Waals surface area contributed by atoms with Gasteiger partial charge in [-0.25, -0.2) is 0 Å². The molecule has 0 aliphatic carbocycles. The summed E-state index contributed by atoms with van der Waals surface area (Å²) < 4.78 is 36.9. The summed E-state index contributed by atoms with van der Waals surface area (Å²) >= 11 is 3.54. The van der Waals surface area contributed by atoms with Gasteiger partial charge in [0.2, 0.25) is 0 Å². The highest BCUT2D eigenvalue weighted by molar-refractivity contribution is 9.09. The van der Waals surface area contributed by atoms with Gasteiger partial charge in [-0.1, -0.05) is 36.7 Å². The lowest BCUT2D eigenvalue weighted by Gasteiger charge is -2.39. The van der Waals surface area contributed by atoms with Crippen LogP contribution in [0.25, 0.3) is 0 Å². The monoisotopic (exact) mass is 344 g/mol. The predicted octanol–water partition coefficient (Wildman–Crippen LogP) is 3.22. The van der Waals surface area contributed by atoms with Crippen LogP contribution in [0.2, 0.25) is 0 Å². The molecule has 0 N–H and O–H groups in total. The van der Waals surface area contributed by atoms with Crippen molar-refractivity contribution in [2.45, 2.75) is 26.9 Å². The Kier molecular flexibility index (Phi) is 6.14. The summed E-state index contributed by atoms with van der Waals surface area (Å²) in [5.41, 5.74) is 0.215. The molecule has 0 bridgehead atoms. The molecule has 6 heteroatoms. The third-order valence-corrected chi connectivity index (χ3v) is 4.54. The molecule has 1 fully saturated rings. The van der Waals surface area contributed by atoms with E-state index in [-0.39, 0.29) is 5.41 Å². The molecule has 0 spiro atoms. The van der Waals surface area contributed by atoms with Gasteiger partial charge in [0, 0.05) is 38.1 Å². The van der Waals surface area contributed by atoms with Gasteiger partial charge in [0.25, 0.3) is 0 Å². The summed E-state index contributed by atoms with van der Waals surface area (Å²) in [7, 11) is 0. The molecule has 1 heterocycles. The molecule has 0 aromatic rings. The standard InChI is InChI=1S/C13H24BrF3N2/c1-12(2,3)11(8-14)9-18-4-6-19(7-5-18)10-13(15,16)17/h11H,4-10H2,1-3H3. The lowest BCUT2D eigenvalue weighted by atomic mass is 9.81. The summed E-state index contributed by atoms with van der Waals surface area (Å²) in [6.45, 7) is 9.29. The summed E-state index contributed by atoms with van der Waals surface area (Å²) in [6, 6.07) is 0. The zero-order valence-electron chi connectivity index (χ0n) is 11.9. The van der Waals surface area contributed by atoms with Crippen molar-refractivity contribution in [1.29, 1.82) is 0 Å². The Hall–Kier alpha value is 0.190. The van der Waals surface area contributed by atoms with Crippen LogP contribution in [0.3, 0.4) is 0 Å². The van der Waals surface area contributed by atoms with Crippen LogP contribution < -0.4 is 0 Å². The van der Waals surface area contributed by atoms with E-state index in [9.17, 15) is 13.2 Å². The van der Waals surface area contributed by atoms with Crippen LogP contribution in [-0.2, 0) is 0 Å². The zero-order valence-corrected chi connectivity index (χ0v) is 13.5. The van der Waals surface area contributed by atoms with Gasteiger partial charge in [-0.15, -0.1) is 0 Å². The summed E-state index contributed by atoms with van der Waals surface area (Å²) in [4.78, 5) is 3.78. The van der Waals surface area contributed by atoms with Crippen molar-refractivity contribution >= 4 is 15.9 Å². The number of hydrogen-bond acceptors (Lipinski definition) is 2. The van der Waals surface area contributed by atoms with Gasteiger partial charge >= 0.3 is 6.18 Å². The first kappa shape index (κ1) is 17.2. The van der Waals surface area contributed by atoms with Gasteiger partial charge in [-0.3, -0.25) is 4.90 Å². The van der Waals surface area contributed by atoms with Crippen molar-refractivity contribution in [3.05, 3.63) is 0 Å². The first-order valence-corrected chi connectivity index (χ1v) is 7.81. The second kappa shape index (κ2) is 6.76. The highest BCUT2D eigenvalue weighted by Gasteiger charge is 2.33. The average Bonchev–Trinajstić information content (AvgIpc) is 2.24. The predicted molar refractivity (Wildman–Crippen MR) is 75.7 cm³/mol. The Morgan fingerprint density at radius 1 is 1.00 bits per heavy atom. The summed E-state index contributed by atoms with van der Waals surface area (Å²) in [5, 5.41) is 0.930. The van der Waals surface area contributed by atoms with Gasteiger partial charge in [-0.2, -0.15) is 13.2 Å². The molecule has 1 aliphatic rings. The van der Waals surface area contributed by atoms with E-state index in [0.29, 0.717) is 19.0 Å². The first-order chi connectivity index (χ1) is 8.62. The molecule has 0 radical (unpaired) electrons. The number of hydrogen-bond donors (Lipinski definition) is 0. The summed E-state index contributed by atoms with van der Waals surface area (Å²) in [5.74, 6) is 0.515. The second-order valence-electron chi connectivity index (χ2n) is 6.41. The molecule has 0 aromatic heterocycles. The zero-order chi connectivity index (χ0) is 14.7. The number of nitrogens with zero attached hydrogens (tertiary/aromatic N) is 2. The van der Waals surface area contributed by atoms with Crippen molar-refractivity contribution in [1.82, 2.24) is 9.80 Å². The topological polar surface area (TPSA) is 6.48 Å². The average molecular weight is 345 g/mol. The van der Waals surface area contributed by atoms with Gasteiger partial charge in [-0.05, 0) is 11.3 Å². The highest BCUT2D eigenvalue weighted by atomic mass is 79.9. The molecule has 0 saturated carbocycles. The fourth-order valence-electron chi connectivity index (χ4n) is 2.25. The fourth-order valence-corrected chi connectivity index (χ4v) is 3.43. The number of halogens is 4. The molecule has 1 atom stereocenters. The van der Waals surface area contributed by atoms with Gasteiger partial charge in [0.15, 0.2) is 0 Å². The largest absolute Gasteiger partial charge is 0.401 e. The quantitative estimate of drug-likeness (QED) is 0.722. The Labute approximate surface area is 122 Å². The van der Waals surface area contributed by atoms with Crippen molar-refractivity contribution < 1.29 is 13.2 Å². The van der Waals surface area contributed by atoms with Crippen LogP contribution in [-0.4, -0.2) is 60.6 Å². The molecule has 1 rings (SSSR count). The fraction of sp³-hybridized carbons (Fsp3) is 1.00. The van der Waals surface area contributed by atoms with Crippen molar-refractivity contribution in [3.8, 4) is 0 Å². The molecule has 1 unspecified atom stereocenters. The Balaban J connectivity index is 2.38. The molecular formula is C13H24BrF3N2. The maximum absolute atomic E-state index is 12.3. The molecule has 1 saturated heterocycles. The normalized spacial score (nSPS) is 21.6. The van der Waals surface area contributed by atoms with Crippen LogP contribution in [0.1, 0.15) is 20.8 Å². The molecule has 0 amide bonds. The maximum atomic E-state index is 12.3. The van der Waals surface area contributed by atoms with Crippen molar-refractivity contribution in [2.24, 2.45) is 11.3 Å². The second-order valence-corrected chi connectivity index (χ2v) is 7.06. The van der Waals surface area contributed by atoms with Crippen molar-refractivity contribution in [3.63, 3.8) is 0 Å². The maximum Gasteiger partial charge on any atom is 0.401 e. The Morgan fingerprint density at radius 2 is 1.47 bits per heavy atom. The third-order valence-electron chi connectivity index (χ3n) is 3.76. The smallest absolute Gasteiger partial charge is 0.300 e.